The number of nitrogens with one attached hydrogen (secondary N) is 2. The largest absolute Gasteiger partial charge is 0.306 e. The van der Waals surface area contributed by atoms with E-state index in [2.05, 4.69) is 20.2 Å². The fourth-order valence-electron chi connectivity index (χ4n) is 3.67. The molecule has 0 saturated heterocycles. The van der Waals surface area contributed by atoms with Gasteiger partial charge in [-0.05, 0) is 42.0 Å². The summed E-state index contributed by atoms with van der Waals surface area (Å²) in [7, 11) is 0. The van der Waals surface area contributed by atoms with Gasteiger partial charge in [-0.2, -0.15) is 5.10 Å². The van der Waals surface area contributed by atoms with Crippen LogP contribution in [0.5, 0.6) is 0 Å². The molecule has 6 nitrogen and oxygen atoms in total. The zero-order chi connectivity index (χ0) is 21.5. The van der Waals surface area contributed by atoms with Crippen LogP contribution in [-0.4, -0.2) is 20.2 Å². The zero-order valence-electron chi connectivity index (χ0n) is 15.9. The lowest BCUT2D eigenvalue weighted by Gasteiger charge is -2.09. The predicted octanol–water partition coefficient (Wildman–Crippen LogP) is 4.21. The van der Waals surface area contributed by atoms with E-state index in [4.69, 9.17) is 11.6 Å². The lowest BCUT2D eigenvalue weighted by atomic mass is 10.0. The van der Waals surface area contributed by atoms with E-state index in [0.717, 1.165) is 0 Å². The SMILES string of the molecule is O=c1[nH]nc(Cc2cc(F)cc(-c3nc4cccc(Cl)c4c(=O)[nH]3)c2)c2ccccc12. The average molecular weight is 433 g/mol. The van der Waals surface area contributed by atoms with Crippen LogP contribution in [0.3, 0.4) is 0 Å². The number of rotatable bonds is 3. The molecule has 0 fully saturated rings. The number of benzene rings is 3. The van der Waals surface area contributed by atoms with Gasteiger partial charge in [0.2, 0.25) is 0 Å². The van der Waals surface area contributed by atoms with Crippen LogP contribution < -0.4 is 11.1 Å². The molecular formula is C23H14ClFN4O2. The topological polar surface area (TPSA) is 91.5 Å². The average Bonchev–Trinajstić information content (AvgIpc) is 2.75. The van der Waals surface area contributed by atoms with Gasteiger partial charge in [0, 0.05) is 17.4 Å². The van der Waals surface area contributed by atoms with Crippen LogP contribution in [0.4, 0.5) is 4.39 Å². The molecule has 0 aliphatic rings. The third-order valence-corrected chi connectivity index (χ3v) is 5.38. The van der Waals surface area contributed by atoms with Gasteiger partial charge in [0.15, 0.2) is 0 Å². The summed E-state index contributed by atoms with van der Waals surface area (Å²) in [6.45, 7) is 0. The van der Waals surface area contributed by atoms with Gasteiger partial charge in [0.1, 0.15) is 11.6 Å². The van der Waals surface area contributed by atoms with E-state index in [1.807, 2.05) is 6.07 Å². The van der Waals surface area contributed by atoms with Crippen molar-refractivity contribution >= 4 is 33.3 Å². The lowest BCUT2D eigenvalue weighted by Crippen LogP contribution is -2.11. The molecule has 0 saturated carbocycles. The molecule has 0 unspecified atom stereocenters. The number of nitrogens with zero attached hydrogens (tertiary/aromatic N) is 2. The minimum Gasteiger partial charge on any atom is -0.306 e. The maximum Gasteiger partial charge on any atom is 0.272 e. The van der Waals surface area contributed by atoms with Crippen molar-refractivity contribution < 1.29 is 4.39 Å². The molecule has 2 N–H and O–H groups in total. The second-order valence-electron chi connectivity index (χ2n) is 7.12. The van der Waals surface area contributed by atoms with Crippen molar-refractivity contribution in [3.63, 3.8) is 0 Å². The first-order valence-corrected chi connectivity index (χ1v) is 9.82. The van der Waals surface area contributed by atoms with Gasteiger partial charge >= 0.3 is 0 Å². The molecule has 5 aromatic rings. The quantitative estimate of drug-likeness (QED) is 0.446. The molecule has 0 atom stereocenters. The highest BCUT2D eigenvalue weighted by atomic mass is 35.5. The molecule has 5 rings (SSSR count). The van der Waals surface area contributed by atoms with E-state index >= 15 is 0 Å². The summed E-state index contributed by atoms with van der Waals surface area (Å²) in [5.74, 6) is -0.241. The minimum atomic E-state index is -0.477. The molecular weight excluding hydrogens is 419 g/mol. The van der Waals surface area contributed by atoms with Crippen molar-refractivity contribution in [2.75, 3.05) is 0 Å². The van der Waals surface area contributed by atoms with Crippen LogP contribution in [0.15, 0.2) is 70.3 Å². The van der Waals surface area contributed by atoms with E-state index in [0.29, 0.717) is 38.1 Å². The Morgan fingerprint density at radius 3 is 2.58 bits per heavy atom. The van der Waals surface area contributed by atoms with E-state index < -0.39 is 11.4 Å². The highest BCUT2D eigenvalue weighted by Gasteiger charge is 2.12. The fourth-order valence-corrected chi connectivity index (χ4v) is 3.93. The molecule has 0 spiro atoms. The fraction of sp³-hybridized carbons (Fsp3) is 0.0435. The second kappa shape index (κ2) is 7.45. The summed E-state index contributed by atoms with van der Waals surface area (Å²) in [6, 6.07) is 16.5. The van der Waals surface area contributed by atoms with E-state index in [-0.39, 0.29) is 23.2 Å². The van der Waals surface area contributed by atoms with E-state index in [1.54, 1.807) is 42.5 Å². The van der Waals surface area contributed by atoms with Crippen molar-refractivity contribution in [2.24, 2.45) is 0 Å². The van der Waals surface area contributed by atoms with Crippen LogP contribution in [0.1, 0.15) is 11.3 Å². The van der Waals surface area contributed by atoms with Crippen molar-refractivity contribution in [1.29, 1.82) is 0 Å². The summed E-state index contributed by atoms with van der Waals surface area (Å²) in [5, 5.41) is 8.43. The summed E-state index contributed by atoms with van der Waals surface area (Å²) in [4.78, 5) is 31.7. The molecule has 0 radical (unpaired) electrons. The van der Waals surface area contributed by atoms with E-state index in [1.165, 1.54) is 12.1 Å². The Morgan fingerprint density at radius 1 is 0.935 bits per heavy atom. The molecule has 2 aromatic heterocycles. The van der Waals surface area contributed by atoms with E-state index in [9.17, 15) is 14.0 Å². The number of hydrogen-bond acceptors (Lipinski definition) is 4. The highest BCUT2D eigenvalue weighted by Crippen LogP contribution is 2.24. The summed E-state index contributed by atoms with van der Waals surface area (Å²) in [5.41, 5.74) is 1.39. The molecule has 0 bridgehead atoms. The molecule has 2 heterocycles. The van der Waals surface area contributed by atoms with Crippen molar-refractivity contribution in [1.82, 2.24) is 20.2 Å². The second-order valence-corrected chi connectivity index (χ2v) is 7.53. The maximum absolute atomic E-state index is 14.5. The molecule has 8 heteroatoms. The highest BCUT2D eigenvalue weighted by molar-refractivity contribution is 6.35. The van der Waals surface area contributed by atoms with Gasteiger partial charge in [-0.25, -0.2) is 14.5 Å². The number of fused-ring (bicyclic) bond motifs is 2. The van der Waals surface area contributed by atoms with Crippen molar-refractivity contribution in [3.05, 3.63) is 103 Å². The summed E-state index contributed by atoms with van der Waals surface area (Å²) >= 11 is 6.11. The Balaban J connectivity index is 1.61. The van der Waals surface area contributed by atoms with Gasteiger partial charge in [0.05, 0.1) is 27.0 Å². The van der Waals surface area contributed by atoms with Crippen molar-refractivity contribution in [2.45, 2.75) is 6.42 Å². The normalized spacial score (nSPS) is 11.3. The minimum absolute atomic E-state index is 0.236. The van der Waals surface area contributed by atoms with Crippen LogP contribution in [0, 0.1) is 5.82 Å². The number of H-pyrrole nitrogens is 2. The smallest absolute Gasteiger partial charge is 0.272 e. The first-order chi connectivity index (χ1) is 15.0. The predicted molar refractivity (Wildman–Crippen MR) is 118 cm³/mol. The third-order valence-electron chi connectivity index (χ3n) is 5.06. The van der Waals surface area contributed by atoms with Crippen LogP contribution in [-0.2, 0) is 6.42 Å². The van der Waals surface area contributed by atoms with Gasteiger partial charge in [-0.3, -0.25) is 9.59 Å². The van der Waals surface area contributed by atoms with Crippen LogP contribution in [0.25, 0.3) is 33.1 Å². The number of halogens is 2. The third kappa shape index (κ3) is 3.49. The van der Waals surface area contributed by atoms with Gasteiger partial charge in [0.25, 0.3) is 11.1 Å². The van der Waals surface area contributed by atoms with Gasteiger partial charge < -0.3 is 4.98 Å². The number of aromatic amines is 2. The van der Waals surface area contributed by atoms with Gasteiger partial charge in [-0.15, -0.1) is 0 Å². The molecule has 152 valence electrons. The molecule has 0 amide bonds. The first kappa shape index (κ1) is 19.1. The summed E-state index contributed by atoms with van der Waals surface area (Å²) < 4.78 is 14.5. The number of aromatic nitrogens is 4. The Morgan fingerprint density at radius 2 is 1.74 bits per heavy atom. The Kier molecular flexibility index (Phi) is 4.60. The van der Waals surface area contributed by atoms with Crippen molar-refractivity contribution in [3.8, 4) is 11.4 Å². The maximum atomic E-state index is 14.5. The lowest BCUT2D eigenvalue weighted by molar-refractivity contribution is 0.626. The number of hydrogen-bond donors (Lipinski definition) is 2. The Hall–Kier alpha value is -3.84. The molecule has 31 heavy (non-hydrogen) atoms. The van der Waals surface area contributed by atoms with Gasteiger partial charge in [-0.1, -0.05) is 35.9 Å². The molecule has 3 aromatic carbocycles. The standard InChI is InChI=1S/C23H14ClFN4O2/c24-17-6-3-7-18-20(17)23(31)27-21(26-18)13-8-12(9-14(25)11-13)10-19-15-4-1-2-5-16(15)22(30)29-28-19/h1-9,11H,10H2,(H,29,30)(H,26,27,31). The Bertz CT molecular complexity index is 1590. The van der Waals surface area contributed by atoms with Crippen LogP contribution >= 0.6 is 11.6 Å². The molecule has 0 aliphatic carbocycles. The monoisotopic (exact) mass is 432 g/mol. The summed E-state index contributed by atoms with van der Waals surface area (Å²) in [6.07, 6.45) is 0.283. The molecule has 0 aliphatic heterocycles. The zero-order valence-corrected chi connectivity index (χ0v) is 16.7. The Labute approximate surface area is 179 Å². The van der Waals surface area contributed by atoms with Crippen LogP contribution in [0.2, 0.25) is 5.02 Å². The first-order valence-electron chi connectivity index (χ1n) is 9.44.